The predicted octanol–water partition coefficient (Wildman–Crippen LogP) is 2.66. The molecule has 1 aromatic carbocycles. The molecular weight excluding hydrogens is 322 g/mol. The van der Waals surface area contributed by atoms with Crippen LogP contribution in [-0.4, -0.2) is 30.4 Å². The Bertz CT molecular complexity index is 631. The summed E-state index contributed by atoms with van der Waals surface area (Å²) in [6.07, 6.45) is 3.47. The van der Waals surface area contributed by atoms with Crippen molar-refractivity contribution in [2.45, 2.75) is 32.2 Å². The average molecular weight is 343 g/mol. The van der Waals surface area contributed by atoms with Gasteiger partial charge < -0.3 is 10.2 Å². The lowest BCUT2D eigenvalue weighted by Crippen LogP contribution is -2.40. The number of carbonyl (C=O) groups is 1. The van der Waals surface area contributed by atoms with E-state index < -0.39 is 5.82 Å². The molecule has 23 heavy (non-hydrogen) atoms. The first-order valence-corrected chi connectivity index (χ1v) is 8.06. The average Bonchev–Trinajstić information content (AvgIpc) is 3.23. The van der Waals surface area contributed by atoms with E-state index in [0.717, 1.165) is 38.4 Å². The fourth-order valence-electron chi connectivity index (χ4n) is 4.18. The zero-order chi connectivity index (χ0) is 15.3. The number of piperidine rings is 1. The first kappa shape index (κ1) is 16.7. The zero-order valence-corrected chi connectivity index (χ0v) is 13.7. The summed E-state index contributed by atoms with van der Waals surface area (Å²) in [4.78, 5) is 14.5. The molecule has 1 spiro atoms. The van der Waals surface area contributed by atoms with E-state index in [1.165, 1.54) is 6.07 Å². The molecule has 1 unspecified atom stereocenters. The van der Waals surface area contributed by atoms with Crippen LogP contribution in [0.3, 0.4) is 0 Å². The molecule has 1 aromatic rings. The number of nitrogens with zero attached hydrogens (tertiary/aromatic N) is 1. The number of halogens is 3. The molecule has 1 saturated heterocycles. The van der Waals surface area contributed by atoms with E-state index in [1.807, 2.05) is 0 Å². The van der Waals surface area contributed by atoms with Crippen molar-refractivity contribution in [2.24, 2.45) is 11.3 Å². The largest absolute Gasteiger partial charge is 0.338 e. The van der Waals surface area contributed by atoms with E-state index >= 15 is 0 Å². The monoisotopic (exact) mass is 342 g/mol. The molecule has 1 atom stereocenters. The Labute approximate surface area is 140 Å². The molecule has 2 heterocycles. The Hall–Kier alpha value is -1.20. The van der Waals surface area contributed by atoms with Gasteiger partial charge in [0.25, 0.3) is 0 Å². The van der Waals surface area contributed by atoms with Gasteiger partial charge in [0.1, 0.15) is 11.6 Å². The van der Waals surface area contributed by atoms with Gasteiger partial charge in [0.15, 0.2) is 0 Å². The Kier molecular flexibility index (Phi) is 4.36. The van der Waals surface area contributed by atoms with Crippen LogP contribution in [0.1, 0.15) is 30.4 Å². The summed E-state index contributed by atoms with van der Waals surface area (Å²) in [5.41, 5.74) is 0.986. The normalized spacial score (nSPS) is 24.8. The van der Waals surface area contributed by atoms with Gasteiger partial charge in [0.2, 0.25) is 5.91 Å². The van der Waals surface area contributed by atoms with Gasteiger partial charge in [0.05, 0.1) is 0 Å². The second-order valence-corrected chi connectivity index (χ2v) is 6.87. The molecular formula is C17H21ClF2N2O. The maximum Gasteiger partial charge on any atom is 0.226 e. The number of amides is 1. The summed E-state index contributed by atoms with van der Waals surface area (Å²) in [6.45, 7) is 2.67. The standard InChI is InChI=1S/C17H20F2N2O.ClH/c18-14-1-2-15(19)12-10-21(8-3-11(12)14)16(22)13-9-17(13)4-6-20-7-5-17;/h1-2,13,20H,3-10H2;1H. The van der Waals surface area contributed by atoms with Crippen molar-refractivity contribution in [3.8, 4) is 0 Å². The van der Waals surface area contributed by atoms with Crippen LogP contribution in [0.5, 0.6) is 0 Å². The van der Waals surface area contributed by atoms with E-state index in [-0.39, 0.29) is 42.0 Å². The quantitative estimate of drug-likeness (QED) is 0.851. The van der Waals surface area contributed by atoms with Crippen molar-refractivity contribution >= 4 is 18.3 Å². The molecule has 1 aliphatic carbocycles. The van der Waals surface area contributed by atoms with Gasteiger partial charge in [-0.25, -0.2) is 8.78 Å². The van der Waals surface area contributed by atoms with Gasteiger partial charge in [-0.3, -0.25) is 4.79 Å². The first-order chi connectivity index (χ1) is 10.6. The number of rotatable bonds is 1. The molecule has 0 radical (unpaired) electrons. The van der Waals surface area contributed by atoms with Crippen molar-refractivity contribution in [1.29, 1.82) is 0 Å². The predicted molar refractivity (Wildman–Crippen MR) is 85.4 cm³/mol. The van der Waals surface area contributed by atoms with Crippen molar-refractivity contribution in [3.05, 3.63) is 34.9 Å². The Morgan fingerprint density at radius 3 is 2.52 bits per heavy atom. The van der Waals surface area contributed by atoms with Crippen molar-refractivity contribution in [3.63, 3.8) is 0 Å². The molecule has 4 rings (SSSR count). The van der Waals surface area contributed by atoms with Crippen molar-refractivity contribution in [2.75, 3.05) is 19.6 Å². The van der Waals surface area contributed by atoms with Crippen LogP contribution in [0.15, 0.2) is 12.1 Å². The van der Waals surface area contributed by atoms with Crippen LogP contribution >= 0.6 is 12.4 Å². The highest BCUT2D eigenvalue weighted by Gasteiger charge is 2.58. The molecule has 2 aliphatic heterocycles. The first-order valence-electron chi connectivity index (χ1n) is 8.06. The Morgan fingerprint density at radius 1 is 1.17 bits per heavy atom. The maximum absolute atomic E-state index is 13.9. The maximum atomic E-state index is 13.9. The summed E-state index contributed by atoms with van der Waals surface area (Å²) < 4.78 is 27.7. The minimum atomic E-state index is -0.402. The number of carbonyl (C=O) groups excluding carboxylic acids is 1. The molecule has 0 bridgehead atoms. The number of nitrogens with one attached hydrogen (secondary N) is 1. The number of hydrogen-bond acceptors (Lipinski definition) is 2. The van der Waals surface area contributed by atoms with E-state index in [9.17, 15) is 13.6 Å². The van der Waals surface area contributed by atoms with Crippen LogP contribution < -0.4 is 5.32 Å². The van der Waals surface area contributed by atoms with Gasteiger partial charge in [-0.05, 0) is 61.9 Å². The highest BCUT2D eigenvalue weighted by atomic mass is 35.5. The van der Waals surface area contributed by atoms with E-state index in [4.69, 9.17) is 0 Å². The lowest BCUT2D eigenvalue weighted by molar-refractivity contribution is -0.134. The fourth-order valence-corrected chi connectivity index (χ4v) is 4.18. The molecule has 6 heteroatoms. The van der Waals surface area contributed by atoms with Gasteiger partial charge >= 0.3 is 0 Å². The van der Waals surface area contributed by atoms with Crippen LogP contribution in [0.2, 0.25) is 0 Å². The van der Waals surface area contributed by atoms with Gasteiger partial charge in [-0.2, -0.15) is 0 Å². The van der Waals surface area contributed by atoms with E-state index in [1.54, 1.807) is 4.90 Å². The minimum absolute atomic E-state index is 0. The molecule has 3 nitrogen and oxygen atoms in total. The smallest absolute Gasteiger partial charge is 0.226 e. The second kappa shape index (κ2) is 6.02. The summed E-state index contributed by atoms with van der Waals surface area (Å²) in [5.74, 6) is -0.532. The molecule has 126 valence electrons. The molecule has 3 aliphatic rings. The Morgan fingerprint density at radius 2 is 1.83 bits per heavy atom. The fraction of sp³-hybridized carbons (Fsp3) is 0.588. The van der Waals surface area contributed by atoms with Gasteiger partial charge in [0, 0.05) is 24.6 Å². The molecule has 2 fully saturated rings. The van der Waals surface area contributed by atoms with Crippen molar-refractivity contribution in [1.82, 2.24) is 10.2 Å². The van der Waals surface area contributed by atoms with Crippen molar-refractivity contribution < 1.29 is 13.6 Å². The zero-order valence-electron chi connectivity index (χ0n) is 12.9. The third-order valence-electron chi connectivity index (χ3n) is 5.70. The second-order valence-electron chi connectivity index (χ2n) is 6.87. The third kappa shape index (κ3) is 2.74. The summed E-state index contributed by atoms with van der Waals surface area (Å²) in [5, 5.41) is 3.33. The highest BCUT2D eigenvalue weighted by molar-refractivity contribution is 5.85. The summed E-state index contributed by atoms with van der Waals surface area (Å²) in [7, 11) is 0. The van der Waals surface area contributed by atoms with E-state index in [2.05, 4.69) is 5.32 Å². The lowest BCUT2D eigenvalue weighted by Gasteiger charge is -2.31. The van der Waals surface area contributed by atoms with Gasteiger partial charge in [-0.15, -0.1) is 12.4 Å². The van der Waals surface area contributed by atoms with Gasteiger partial charge in [-0.1, -0.05) is 0 Å². The Balaban J connectivity index is 0.00000156. The summed E-state index contributed by atoms with van der Waals surface area (Å²) in [6, 6.07) is 2.34. The summed E-state index contributed by atoms with van der Waals surface area (Å²) >= 11 is 0. The molecule has 1 amide bonds. The molecule has 1 N–H and O–H groups in total. The lowest BCUT2D eigenvalue weighted by atomic mass is 9.91. The number of hydrogen-bond donors (Lipinski definition) is 1. The van der Waals surface area contributed by atoms with E-state index in [0.29, 0.717) is 24.1 Å². The topological polar surface area (TPSA) is 32.3 Å². The minimum Gasteiger partial charge on any atom is -0.338 e. The molecule has 0 aromatic heterocycles. The SMILES string of the molecule is Cl.O=C(C1CC12CCNCC2)N1CCc2c(F)ccc(F)c2C1. The number of fused-ring (bicyclic) bond motifs is 1. The third-order valence-corrected chi connectivity index (χ3v) is 5.70. The highest BCUT2D eigenvalue weighted by Crippen LogP contribution is 2.59. The molecule has 1 saturated carbocycles. The van der Waals surface area contributed by atoms with Crippen LogP contribution in [0, 0.1) is 23.0 Å². The number of benzene rings is 1. The van der Waals surface area contributed by atoms with Crippen LogP contribution in [-0.2, 0) is 17.8 Å². The van der Waals surface area contributed by atoms with Crippen LogP contribution in [0.25, 0.3) is 0 Å². The van der Waals surface area contributed by atoms with Crippen LogP contribution in [0.4, 0.5) is 8.78 Å².